The summed E-state index contributed by atoms with van der Waals surface area (Å²) < 4.78 is 37.1. The number of nitrogens with one attached hydrogen (secondary N) is 2. The van der Waals surface area contributed by atoms with E-state index in [2.05, 4.69) is 11.0 Å². The number of esters is 1. The van der Waals surface area contributed by atoms with Gasteiger partial charge in [-0.1, -0.05) is 24.1 Å². The first-order chi connectivity index (χ1) is 17.8. The van der Waals surface area contributed by atoms with Crippen LogP contribution in [0.4, 0.5) is 0 Å². The van der Waals surface area contributed by atoms with Gasteiger partial charge in [-0.3, -0.25) is 23.7 Å². The lowest BCUT2D eigenvalue weighted by atomic mass is 9.93. The molecule has 1 aliphatic carbocycles. The fourth-order valence-corrected chi connectivity index (χ4v) is 5.88. The third-order valence-electron chi connectivity index (χ3n) is 6.10. The van der Waals surface area contributed by atoms with Crippen LogP contribution in [0.25, 0.3) is 0 Å². The molecule has 1 saturated carbocycles. The van der Waals surface area contributed by atoms with Gasteiger partial charge in [-0.05, 0) is 32.9 Å². The number of aromatic nitrogens is 2. The van der Waals surface area contributed by atoms with Crippen molar-refractivity contribution in [3.8, 4) is 18.1 Å². The number of aliphatic hydroxyl groups is 2. The second-order valence-corrected chi connectivity index (χ2v) is 11.0. The Morgan fingerprint density at radius 3 is 2.58 bits per heavy atom. The molecule has 0 amide bonds. The molecule has 1 aliphatic heterocycles. The summed E-state index contributed by atoms with van der Waals surface area (Å²) in [6.45, 7) is 4.73. The number of rotatable bonds is 9. The number of terminal acetylenes is 1. The molecular formula is C24H28N3O10P. The van der Waals surface area contributed by atoms with Gasteiger partial charge in [-0.25, -0.2) is 9.36 Å². The van der Waals surface area contributed by atoms with Gasteiger partial charge in [-0.2, -0.15) is 5.09 Å². The minimum Gasteiger partial charge on any atom is -0.462 e. The van der Waals surface area contributed by atoms with Crippen molar-refractivity contribution in [3.63, 3.8) is 0 Å². The molecule has 7 atom stereocenters. The van der Waals surface area contributed by atoms with Crippen LogP contribution in [0, 0.1) is 12.3 Å². The molecular weight excluding hydrogens is 521 g/mol. The molecule has 2 aromatic rings. The summed E-state index contributed by atoms with van der Waals surface area (Å²) >= 11 is 0. The van der Waals surface area contributed by atoms with Gasteiger partial charge < -0.3 is 24.2 Å². The summed E-state index contributed by atoms with van der Waals surface area (Å²) in [5.41, 5.74) is -5.71. The second-order valence-electron chi connectivity index (χ2n) is 9.35. The predicted molar refractivity (Wildman–Crippen MR) is 132 cm³/mol. The van der Waals surface area contributed by atoms with Gasteiger partial charge in [0.05, 0.1) is 6.10 Å². The third-order valence-corrected chi connectivity index (χ3v) is 7.79. The fourth-order valence-electron chi connectivity index (χ4n) is 4.16. The lowest BCUT2D eigenvalue weighted by molar-refractivity contribution is -0.149. The molecule has 13 nitrogen and oxygen atoms in total. The van der Waals surface area contributed by atoms with E-state index in [4.69, 9.17) is 24.9 Å². The van der Waals surface area contributed by atoms with Crippen molar-refractivity contribution < 1.29 is 38.1 Å². The zero-order valence-electron chi connectivity index (χ0n) is 20.8. The van der Waals surface area contributed by atoms with Crippen molar-refractivity contribution >= 4 is 13.7 Å². The zero-order chi connectivity index (χ0) is 27.9. The average molecular weight is 549 g/mol. The highest BCUT2D eigenvalue weighted by Crippen LogP contribution is 2.62. The number of ether oxygens (including phenoxy) is 2. The standard InChI is InChI=1S/C24H28N3O10P/c1-5-23(32)20(30)24(35-21(23)27-12-11-18(28)25-22(27)31)13-17(24)37-38(33,36-16-9-7-6-8-10-16)26-15(4)19(29)34-14(2)3/h1,6-12,14-15,17,20-21,30,32H,13H2,2-4H3,(H,26,33)(H,25,28,31)/t15-,17?,20-,21+,23+,24?,38?/m0/s1. The Morgan fingerprint density at radius 1 is 1.29 bits per heavy atom. The quantitative estimate of drug-likeness (QED) is 0.194. The van der Waals surface area contributed by atoms with E-state index in [1.54, 1.807) is 32.0 Å². The van der Waals surface area contributed by atoms with Crippen LogP contribution in [0.5, 0.6) is 5.75 Å². The van der Waals surface area contributed by atoms with Crippen molar-refractivity contribution in [3.05, 3.63) is 63.4 Å². The number of hydrogen-bond donors (Lipinski definition) is 4. The minimum absolute atomic E-state index is 0.0958. The highest BCUT2D eigenvalue weighted by molar-refractivity contribution is 7.52. The van der Waals surface area contributed by atoms with Crippen molar-refractivity contribution in [2.24, 2.45) is 0 Å². The van der Waals surface area contributed by atoms with Crippen molar-refractivity contribution in [1.29, 1.82) is 0 Å². The normalized spacial score (nSPS) is 30.4. The number of H-pyrrole nitrogens is 1. The lowest BCUT2D eigenvalue weighted by Crippen LogP contribution is -2.48. The van der Waals surface area contributed by atoms with Crippen LogP contribution in [-0.4, -0.2) is 61.3 Å². The van der Waals surface area contributed by atoms with Gasteiger partial charge in [0.25, 0.3) is 5.56 Å². The number of hydrogen-bond acceptors (Lipinski definition) is 10. The summed E-state index contributed by atoms with van der Waals surface area (Å²) in [6, 6.07) is 7.93. The highest BCUT2D eigenvalue weighted by atomic mass is 31.2. The summed E-state index contributed by atoms with van der Waals surface area (Å²) in [4.78, 5) is 38.2. The molecule has 3 unspecified atom stereocenters. The van der Waals surface area contributed by atoms with Crippen molar-refractivity contribution in [2.75, 3.05) is 0 Å². The third kappa shape index (κ3) is 5.19. The second kappa shape index (κ2) is 10.1. The predicted octanol–water partition coefficient (Wildman–Crippen LogP) is 0.435. The molecule has 1 aromatic heterocycles. The monoisotopic (exact) mass is 549 g/mol. The van der Waals surface area contributed by atoms with E-state index in [0.29, 0.717) is 0 Å². The Hall–Kier alpha value is -3.24. The maximum atomic E-state index is 13.9. The molecule has 0 radical (unpaired) electrons. The first-order valence-electron chi connectivity index (χ1n) is 11.7. The van der Waals surface area contributed by atoms with Crippen LogP contribution >= 0.6 is 7.75 Å². The molecule has 204 valence electrons. The molecule has 2 fully saturated rings. The molecule has 1 saturated heterocycles. The molecule has 2 heterocycles. The fraction of sp³-hybridized carbons (Fsp3) is 0.458. The van der Waals surface area contributed by atoms with Gasteiger partial charge in [0.1, 0.15) is 29.6 Å². The molecule has 0 bridgehead atoms. The van der Waals surface area contributed by atoms with Crippen LogP contribution in [0.15, 0.2) is 52.2 Å². The van der Waals surface area contributed by atoms with Crippen molar-refractivity contribution in [2.45, 2.75) is 69.0 Å². The van der Waals surface area contributed by atoms with Crippen LogP contribution in [0.1, 0.15) is 33.4 Å². The van der Waals surface area contributed by atoms with Gasteiger partial charge >= 0.3 is 19.4 Å². The topological polar surface area (TPSA) is 178 Å². The first-order valence-corrected chi connectivity index (χ1v) is 13.3. The largest absolute Gasteiger partial charge is 0.462 e. The highest BCUT2D eigenvalue weighted by Gasteiger charge is 2.76. The minimum atomic E-state index is -4.34. The van der Waals surface area contributed by atoms with Crippen LogP contribution in [0.2, 0.25) is 0 Å². The van der Waals surface area contributed by atoms with E-state index < -0.39 is 66.7 Å². The van der Waals surface area contributed by atoms with Gasteiger partial charge in [0.2, 0.25) is 0 Å². The maximum absolute atomic E-state index is 13.9. The Bertz CT molecular complexity index is 1400. The number of para-hydroxylation sites is 1. The van der Waals surface area contributed by atoms with Gasteiger partial charge in [-0.15, -0.1) is 6.42 Å². The number of carbonyl (C=O) groups is 1. The van der Waals surface area contributed by atoms with E-state index in [1.165, 1.54) is 19.1 Å². The number of carbonyl (C=O) groups excluding carboxylic acids is 1. The maximum Gasteiger partial charge on any atom is 0.459 e. The van der Waals surface area contributed by atoms with E-state index in [9.17, 15) is 29.2 Å². The van der Waals surface area contributed by atoms with Crippen LogP contribution in [0.3, 0.4) is 0 Å². The first kappa shape index (κ1) is 27.8. The molecule has 38 heavy (non-hydrogen) atoms. The average Bonchev–Trinajstić information content (AvgIpc) is 3.48. The summed E-state index contributed by atoms with van der Waals surface area (Å²) in [7, 11) is -4.34. The lowest BCUT2D eigenvalue weighted by Gasteiger charge is -2.26. The van der Waals surface area contributed by atoms with E-state index in [1.807, 2.05) is 4.98 Å². The number of nitrogens with zero attached hydrogens (tertiary/aromatic N) is 1. The molecule has 1 aromatic carbocycles. The number of benzene rings is 1. The van der Waals surface area contributed by atoms with Gasteiger partial charge in [0, 0.05) is 18.7 Å². The molecule has 4 N–H and O–H groups in total. The summed E-state index contributed by atoms with van der Waals surface area (Å²) in [6.07, 6.45) is 1.52. The van der Waals surface area contributed by atoms with E-state index >= 15 is 0 Å². The molecule has 2 aliphatic rings. The number of aliphatic hydroxyl groups excluding tert-OH is 1. The van der Waals surface area contributed by atoms with E-state index in [-0.39, 0.29) is 12.2 Å². The van der Waals surface area contributed by atoms with Crippen LogP contribution < -0.4 is 20.9 Å². The molecule has 14 heteroatoms. The smallest absolute Gasteiger partial charge is 0.459 e. The van der Waals surface area contributed by atoms with E-state index in [0.717, 1.165) is 16.8 Å². The molecule has 4 rings (SSSR count). The summed E-state index contributed by atoms with van der Waals surface area (Å²) in [5, 5.41) is 24.7. The summed E-state index contributed by atoms with van der Waals surface area (Å²) in [5.74, 6) is 1.51. The Labute approximate surface area is 217 Å². The Morgan fingerprint density at radius 2 is 1.97 bits per heavy atom. The zero-order valence-corrected chi connectivity index (χ0v) is 21.7. The van der Waals surface area contributed by atoms with Gasteiger partial charge in [0.15, 0.2) is 11.8 Å². The Balaban J connectivity index is 1.61. The number of aromatic amines is 1. The Kier molecular flexibility index (Phi) is 7.42. The SMILES string of the molecule is C#C[C@@]1(O)[C@H](O)C2(CC2OP(=O)(N[C@@H](C)C(=O)OC(C)C)Oc2ccccc2)O[C@H]1n1ccc(=O)[nH]c1=O. The molecule has 1 spiro atoms. The van der Waals surface area contributed by atoms with Crippen LogP contribution in [-0.2, 0) is 23.4 Å². The van der Waals surface area contributed by atoms with Crippen molar-refractivity contribution in [1.82, 2.24) is 14.6 Å².